The van der Waals surface area contributed by atoms with E-state index in [2.05, 4.69) is 0 Å². The van der Waals surface area contributed by atoms with Crippen molar-refractivity contribution < 1.29 is 27.9 Å². The highest BCUT2D eigenvalue weighted by Gasteiger charge is 2.42. The zero-order valence-corrected chi connectivity index (χ0v) is 11.8. The molecule has 0 bridgehead atoms. The number of carbonyl (C=O) groups excluding carboxylic acids is 2. The van der Waals surface area contributed by atoms with Gasteiger partial charge in [-0.2, -0.15) is 13.2 Å². The van der Waals surface area contributed by atoms with Crippen molar-refractivity contribution in [1.82, 2.24) is 9.80 Å². The van der Waals surface area contributed by atoms with Gasteiger partial charge in [0, 0.05) is 13.6 Å². The van der Waals surface area contributed by atoms with Crippen molar-refractivity contribution in [2.45, 2.75) is 18.6 Å². The molecule has 0 saturated carbocycles. The van der Waals surface area contributed by atoms with Crippen molar-refractivity contribution in [3.05, 3.63) is 29.8 Å². The molecule has 0 spiro atoms. The topological polar surface area (TPSA) is 60.9 Å². The van der Waals surface area contributed by atoms with E-state index in [1.165, 1.54) is 25.2 Å². The van der Waals surface area contributed by atoms with Gasteiger partial charge in [-0.3, -0.25) is 9.59 Å². The van der Waals surface area contributed by atoms with Crippen LogP contribution in [0.15, 0.2) is 24.3 Å². The number of phenolic OH excluding ortho intramolecular Hbond substituents is 1. The summed E-state index contributed by atoms with van der Waals surface area (Å²) in [5.41, 5.74) is 0.00655. The number of likely N-dealkylation sites (N-methyl/N-ethyl adjacent to an activating group) is 1. The standard InChI is InChI=1S/C14H15F3N2O3/c1-18(12(21)9-4-2-3-5-11(9)20)10-6-7-19(13(10)22)8-14(15,16)17/h2-5,10,20H,6-8H2,1H3/t10-/m0/s1. The highest BCUT2D eigenvalue weighted by Crippen LogP contribution is 2.25. The van der Waals surface area contributed by atoms with E-state index in [-0.39, 0.29) is 24.3 Å². The summed E-state index contributed by atoms with van der Waals surface area (Å²) in [5, 5.41) is 9.65. The number of carbonyl (C=O) groups is 2. The number of benzene rings is 1. The average Bonchev–Trinajstić information content (AvgIpc) is 2.77. The highest BCUT2D eigenvalue weighted by atomic mass is 19.4. The molecule has 0 aromatic heterocycles. The second kappa shape index (κ2) is 5.86. The van der Waals surface area contributed by atoms with E-state index in [0.29, 0.717) is 4.90 Å². The van der Waals surface area contributed by atoms with Crippen LogP contribution in [0.3, 0.4) is 0 Å². The number of halogens is 3. The minimum Gasteiger partial charge on any atom is -0.507 e. The van der Waals surface area contributed by atoms with Crippen LogP contribution in [0.2, 0.25) is 0 Å². The number of alkyl halides is 3. The molecule has 2 amide bonds. The van der Waals surface area contributed by atoms with Crippen LogP contribution in [0, 0.1) is 0 Å². The maximum atomic E-state index is 12.4. The van der Waals surface area contributed by atoms with Crippen LogP contribution in [0.1, 0.15) is 16.8 Å². The van der Waals surface area contributed by atoms with Crippen molar-refractivity contribution in [3.63, 3.8) is 0 Å². The number of rotatable bonds is 3. The van der Waals surface area contributed by atoms with Crippen molar-refractivity contribution >= 4 is 11.8 Å². The van der Waals surface area contributed by atoms with Crippen molar-refractivity contribution in [2.75, 3.05) is 20.1 Å². The molecule has 1 aliphatic heterocycles. The van der Waals surface area contributed by atoms with E-state index >= 15 is 0 Å². The van der Waals surface area contributed by atoms with E-state index in [1.807, 2.05) is 0 Å². The SMILES string of the molecule is CN(C(=O)c1ccccc1O)[C@H]1CCN(CC(F)(F)F)C1=O. The van der Waals surface area contributed by atoms with Gasteiger partial charge in [0.15, 0.2) is 0 Å². The number of likely N-dealkylation sites (tertiary alicyclic amines) is 1. The summed E-state index contributed by atoms with van der Waals surface area (Å²) in [5.74, 6) is -1.58. The zero-order chi connectivity index (χ0) is 16.5. The lowest BCUT2D eigenvalue weighted by Crippen LogP contribution is -2.44. The second-order valence-electron chi connectivity index (χ2n) is 5.11. The van der Waals surface area contributed by atoms with Crippen molar-refractivity contribution in [3.8, 4) is 5.75 Å². The van der Waals surface area contributed by atoms with Gasteiger partial charge in [-0.25, -0.2) is 0 Å². The Labute approximate surface area is 124 Å². The van der Waals surface area contributed by atoms with E-state index in [0.717, 1.165) is 4.90 Å². The summed E-state index contributed by atoms with van der Waals surface area (Å²) in [6.07, 6.45) is -4.34. The van der Waals surface area contributed by atoms with Gasteiger partial charge < -0.3 is 14.9 Å². The van der Waals surface area contributed by atoms with Gasteiger partial charge in [0.25, 0.3) is 5.91 Å². The maximum absolute atomic E-state index is 12.4. The van der Waals surface area contributed by atoms with E-state index < -0.39 is 30.6 Å². The summed E-state index contributed by atoms with van der Waals surface area (Å²) >= 11 is 0. The van der Waals surface area contributed by atoms with Crippen LogP contribution in [-0.2, 0) is 4.79 Å². The van der Waals surface area contributed by atoms with Crippen LogP contribution in [0.5, 0.6) is 5.75 Å². The third-order valence-electron chi connectivity index (χ3n) is 3.56. The number of nitrogens with zero attached hydrogens (tertiary/aromatic N) is 2. The fourth-order valence-corrected chi connectivity index (χ4v) is 2.44. The highest BCUT2D eigenvalue weighted by molar-refractivity contribution is 5.99. The number of aromatic hydroxyl groups is 1. The second-order valence-corrected chi connectivity index (χ2v) is 5.11. The van der Waals surface area contributed by atoms with Crippen LogP contribution >= 0.6 is 0 Å². The maximum Gasteiger partial charge on any atom is 0.406 e. The molecule has 1 N–H and O–H groups in total. The average molecular weight is 316 g/mol. The van der Waals surface area contributed by atoms with Gasteiger partial charge >= 0.3 is 6.18 Å². The molecule has 1 aliphatic rings. The third kappa shape index (κ3) is 3.32. The van der Waals surface area contributed by atoms with Gasteiger partial charge in [-0.05, 0) is 18.6 Å². The molecule has 22 heavy (non-hydrogen) atoms. The first-order chi connectivity index (χ1) is 10.2. The molecule has 1 saturated heterocycles. The molecule has 0 unspecified atom stereocenters. The molecule has 1 aromatic rings. The van der Waals surface area contributed by atoms with E-state index in [1.54, 1.807) is 6.07 Å². The Morgan fingerprint density at radius 1 is 1.41 bits per heavy atom. The number of phenols is 1. The number of amides is 2. The van der Waals surface area contributed by atoms with Crippen molar-refractivity contribution in [1.29, 1.82) is 0 Å². The Hall–Kier alpha value is -2.25. The lowest BCUT2D eigenvalue weighted by Gasteiger charge is -2.24. The molecule has 120 valence electrons. The Morgan fingerprint density at radius 3 is 2.64 bits per heavy atom. The molecular weight excluding hydrogens is 301 g/mol. The Balaban J connectivity index is 2.11. The van der Waals surface area contributed by atoms with Crippen molar-refractivity contribution in [2.24, 2.45) is 0 Å². The normalized spacial score (nSPS) is 18.6. The van der Waals surface area contributed by atoms with E-state index in [4.69, 9.17) is 0 Å². The summed E-state index contributed by atoms with van der Waals surface area (Å²) in [6, 6.07) is 4.86. The first kappa shape index (κ1) is 16.1. The van der Waals surface area contributed by atoms with Gasteiger partial charge in [0.1, 0.15) is 18.3 Å². The first-order valence-electron chi connectivity index (χ1n) is 6.61. The Bertz CT molecular complexity index is 589. The molecule has 5 nitrogen and oxygen atoms in total. The summed E-state index contributed by atoms with van der Waals surface area (Å²) in [4.78, 5) is 26.0. The van der Waals surface area contributed by atoms with Crippen LogP contribution in [-0.4, -0.2) is 59.1 Å². The summed E-state index contributed by atoms with van der Waals surface area (Å²) < 4.78 is 37.1. The number of hydrogen-bond donors (Lipinski definition) is 1. The molecule has 1 atom stereocenters. The summed E-state index contributed by atoms with van der Waals surface area (Å²) in [7, 11) is 1.34. The smallest absolute Gasteiger partial charge is 0.406 e. The lowest BCUT2D eigenvalue weighted by molar-refractivity contribution is -0.158. The molecule has 1 fully saturated rings. The van der Waals surface area contributed by atoms with Crippen LogP contribution < -0.4 is 0 Å². The largest absolute Gasteiger partial charge is 0.507 e. The van der Waals surface area contributed by atoms with Gasteiger partial charge in [0.2, 0.25) is 5.91 Å². The van der Waals surface area contributed by atoms with E-state index in [9.17, 15) is 27.9 Å². The monoisotopic (exact) mass is 316 g/mol. The third-order valence-corrected chi connectivity index (χ3v) is 3.56. The lowest BCUT2D eigenvalue weighted by atomic mass is 10.1. The predicted molar refractivity (Wildman–Crippen MR) is 71.2 cm³/mol. The Kier molecular flexibility index (Phi) is 4.30. The summed E-state index contributed by atoms with van der Waals surface area (Å²) in [6.45, 7) is -1.37. The fourth-order valence-electron chi connectivity index (χ4n) is 2.44. The Morgan fingerprint density at radius 2 is 2.05 bits per heavy atom. The van der Waals surface area contributed by atoms with Gasteiger partial charge in [-0.15, -0.1) is 0 Å². The molecule has 1 aromatic carbocycles. The molecule has 0 aliphatic carbocycles. The zero-order valence-electron chi connectivity index (χ0n) is 11.8. The number of para-hydroxylation sites is 1. The number of hydrogen-bond acceptors (Lipinski definition) is 3. The molecule has 8 heteroatoms. The molecular formula is C14H15F3N2O3. The first-order valence-corrected chi connectivity index (χ1v) is 6.61. The minimum atomic E-state index is -4.47. The van der Waals surface area contributed by atoms with Gasteiger partial charge in [-0.1, -0.05) is 12.1 Å². The molecule has 0 radical (unpaired) electrons. The molecule has 1 heterocycles. The predicted octanol–water partition coefficient (Wildman–Crippen LogP) is 1.63. The van der Waals surface area contributed by atoms with Gasteiger partial charge in [0.05, 0.1) is 5.56 Å². The van der Waals surface area contributed by atoms with Crippen LogP contribution in [0.25, 0.3) is 0 Å². The van der Waals surface area contributed by atoms with Crippen LogP contribution in [0.4, 0.5) is 13.2 Å². The quantitative estimate of drug-likeness (QED) is 0.922. The molecule has 2 rings (SSSR count). The fraction of sp³-hybridized carbons (Fsp3) is 0.429. The minimum absolute atomic E-state index is 0.00655.